The quantitative estimate of drug-likeness (QED) is 0.140. The molecule has 0 aromatic heterocycles. The second-order valence-corrected chi connectivity index (χ2v) is 15.9. The van der Waals surface area contributed by atoms with Crippen LogP contribution in [0.1, 0.15) is 70.3 Å². The lowest BCUT2D eigenvalue weighted by Gasteiger charge is -2.61. The van der Waals surface area contributed by atoms with Crippen molar-refractivity contribution in [2.75, 3.05) is 33.3 Å². The van der Waals surface area contributed by atoms with Gasteiger partial charge in [-0.25, -0.2) is 4.79 Å². The SMILES string of the molecule is CN=C(N)N1C=CC(CNCCO)C2(C1)C1CCC(C)C23CC(O)(C2CCC4CCC(O)(Cc5ccccc5)CC4O2)C(C(=O)O)=C3C1. The van der Waals surface area contributed by atoms with Crippen LogP contribution in [0.2, 0.25) is 0 Å². The molecule has 10 unspecified atom stereocenters. The fourth-order valence-corrected chi connectivity index (χ4v) is 11.7. The van der Waals surface area contributed by atoms with Crippen LogP contribution in [-0.4, -0.2) is 94.0 Å². The van der Waals surface area contributed by atoms with E-state index in [0.717, 1.165) is 36.8 Å². The Hall–Kier alpha value is -2.76. The zero-order valence-corrected chi connectivity index (χ0v) is 28.5. The number of nitrogens with one attached hydrogen (secondary N) is 1. The molecule has 2 heterocycles. The molecule has 7 rings (SSSR count). The monoisotopic (exact) mass is 662 g/mol. The van der Waals surface area contributed by atoms with E-state index < -0.39 is 34.1 Å². The Morgan fingerprint density at radius 3 is 2.67 bits per heavy atom. The number of carboxylic acids is 1. The third-order valence-corrected chi connectivity index (χ3v) is 13.7. The molecule has 2 bridgehead atoms. The zero-order valence-electron chi connectivity index (χ0n) is 28.5. The van der Waals surface area contributed by atoms with Crippen molar-refractivity contribution < 1.29 is 30.0 Å². The number of hydrogen-bond acceptors (Lipinski definition) is 7. The van der Waals surface area contributed by atoms with Crippen LogP contribution in [0.15, 0.2) is 58.7 Å². The number of aliphatic hydroxyl groups is 3. The first-order chi connectivity index (χ1) is 23.0. The van der Waals surface area contributed by atoms with Gasteiger partial charge in [-0.3, -0.25) is 4.99 Å². The van der Waals surface area contributed by atoms with Crippen molar-refractivity contribution in [2.24, 2.45) is 45.2 Å². The largest absolute Gasteiger partial charge is 0.478 e. The number of allylic oxidation sites excluding steroid dienone is 1. The fourth-order valence-electron chi connectivity index (χ4n) is 11.7. The third-order valence-electron chi connectivity index (χ3n) is 13.7. The summed E-state index contributed by atoms with van der Waals surface area (Å²) in [6.45, 7) is 3.97. The van der Waals surface area contributed by atoms with E-state index in [4.69, 9.17) is 10.5 Å². The van der Waals surface area contributed by atoms with Crippen molar-refractivity contribution in [2.45, 2.75) is 94.5 Å². The van der Waals surface area contributed by atoms with E-state index in [1.165, 1.54) is 0 Å². The summed E-state index contributed by atoms with van der Waals surface area (Å²) < 4.78 is 6.87. The van der Waals surface area contributed by atoms with Crippen LogP contribution in [0.4, 0.5) is 0 Å². The predicted molar refractivity (Wildman–Crippen MR) is 183 cm³/mol. The Morgan fingerprint density at radius 2 is 1.94 bits per heavy atom. The molecule has 0 amide bonds. The number of ether oxygens (including phenoxy) is 1. The first-order valence-electron chi connectivity index (χ1n) is 18.1. The summed E-state index contributed by atoms with van der Waals surface area (Å²) in [7, 11) is 1.68. The minimum absolute atomic E-state index is 0.0334. The number of carbonyl (C=O) groups is 1. The smallest absolute Gasteiger partial charge is 0.334 e. The van der Waals surface area contributed by atoms with E-state index in [2.05, 4.69) is 23.3 Å². The number of aliphatic imine (C=N–C) groups is 1. The minimum Gasteiger partial charge on any atom is -0.478 e. The van der Waals surface area contributed by atoms with Crippen LogP contribution < -0.4 is 11.1 Å². The average Bonchev–Trinajstić information content (AvgIpc) is 3.43. The van der Waals surface area contributed by atoms with E-state index in [0.29, 0.717) is 64.1 Å². The maximum Gasteiger partial charge on any atom is 0.334 e. The van der Waals surface area contributed by atoms with Gasteiger partial charge in [-0.2, -0.15) is 0 Å². The topological polar surface area (TPSA) is 161 Å². The summed E-state index contributed by atoms with van der Waals surface area (Å²) in [6.07, 6.45) is 10.1. The van der Waals surface area contributed by atoms with Crippen LogP contribution >= 0.6 is 0 Å². The highest BCUT2D eigenvalue weighted by atomic mass is 16.5. The molecule has 3 saturated carbocycles. The van der Waals surface area contributed by atoms with Gasteiger partial charge in [0.25, 0.3) is 0 Å². The molecule has 7 N–H and O–H groups in total. The molecule has 262 valence electrons. The maximum atomic E-state index is 13.4. The average molecular weight is 663 g/mol. The molecule has 1 aromatic rings. The predicted octanol–water partition coefficient (Wildman–Crippen LogP) is 3.22. The highest BCUT2D eigenvalue weighted by Crippen LogP contribution is 2.77. The van der Waals surface area contributed by atoms with Crippen molar-refractivity contribution in [3.05, 3.63) is 59.3 Å². The van der Waals surface area contributed by atoms with Gasteiger partial charge in [-0.15, -0.1) is 0 Å². The van der Waals surface area contributed by atoms with Crippen LogP contribution in [-0.2, 0) is 16.0 Å². The number of benzene rings is 1. The molecular weight excluding hydrogens is 608 g/mol. The van der Waals surface area contributed by atoms with Crippen molar-refractivity contribution >= 4 is 11.9 Å². The number of aliphatic carboxylic acids is 1. The molecule has 2 spiro atoms. The molecule has 1 saturated heterocycles. The van der Waals surface area contributed by atoms with Crippen molar-refractivity contribution in [1.82, 2.24) is 10.2 Å². The van der Waals surface area contributed by atoms with Gasteiger partial charge in [0.2, 0.25) is 0 Å². The molecule has 10 heteroatoms. The lowest BCUT2D eigenvalue weighted by molar-refractivity contribution is -0.205. The first kappa shape index (κ1) is 33.7. The molecule has 10 atom stereocenters. The van der Waals surface area contributed by atoms with Crippen LogP contribution in [0.25, 0.3) is 0 Å². The summed E-state index contributed by atoms with van der Waals surface area (Å²) in [5.74, 6) is 0.0208. The zero-order chi connectivity index (χ0) is 33.9. The van der Waals surface area contributed by atoms with Gasteiger partial charge < -0.3 is 41.1 Å². The van der Waals surface area contributed by atoms with Crippen LogP contribution in [0.3, 0.4) is 0 Å². The van der Waals surface area contributed by atoms with Crippen LogP contribution in [0, 0.1) is 34.5 Å². The van der Waals surface area contributed by atoms with E-state index in [1.807, 2.05) is 41.4 Å². The van der Waals surface area contributed by atoms with Gasteiger partial charge >= 0.3 is 5.97 Å². The normalized spacial score (nSPS) is 42.3. The molecule has 4 fully saturated rings. The number of carboxylic acid groups (broad SMARTS) is 1. The summed E-state index contributed by atoms with van der Waals surface area (Å²) in [5.41, 5.74) is 5.02. The summed E-state index contributed by atoms with van der Waals surface area (Å²) >= 11 is 0. The highest BCUT2D eigenvalue weighted by Gasteiger charge is 2.76. The number of guanidine groups is 1. The standard InChI is InChI=1S/C38H54N4O6/c1-24-8-10-27-18-29-32(33(44)45)38(47,22-36(24,29)37(27)23-42(34(39)40-2)16-13-28(37)21-41-15-17-43)31-11-9-26-12-14-35(46,20-30(26)48-31)19-25-6-4-3-5-7-25/h3-7,13,16,24,26-28,30-31,41,43,46-47H,8-12,14-15,17-23H2,1-2H3,(H2,39,40)(H,44,45). The molecule has 6 aliphatic rings. The number of aliphatic hydroxyl groups excluding tert-OH is 1. The lowest BCUT2D eigenvalue weighted by Crippen LogP contribution is -2.63. The van der Waals surface area contributed by atoms with Crippen molar-refractivity contribution in [3.63, 3.8) is 0 Å². The number of fused-ring (bicyclic) bond motifs is 1. The second kappa shape index (κ2) is 12.5. The summed E-state index contributed by atoms with van der Waals surface area (Å²) in [6, 6.07) is 10.0. The number of rotatable bonds is 8. The van der Waals surface area contributed by atoms with Gasteiger partial charge in [0.15, 0.2) is 5.96 Å². The van der Waals surface area contributed by atoms with Gasteiger partial charge in [0.1, 0.15) is 5.60 Å². The fraction of sp³-hybridized carbons (Fsp3) is 0.684. The maximum absolute atomic E-state index is 13.4. The van der Waals surface area contributed by atoms with E-state index in [-0.39, 0.29) is 42.0 Å². The molecule has 2 aliphatic heterocycles. The van der Waals surface area contributed by atoms with Crippen molar-refractivity contribution in [3.8, 4) is 0 Å². The first-order valence-corrected chi connectivity index (χ1v) is 18.1. The number of nitrogens with two attached hydrogens (primary N) is 1. The minimum atomic E-state index is -1.66. The number of nitrogens with zero attached hydrogens (tertiary/aromatic N) is 2. The van der Waals surface area contributed by atoms with Crippen molar-refractivity contribution in [1.29, 1.82) is 0 Å². The van der Waals surface area contributed by atoms with E-state index >= 15 is 0 Å². The lowest BCUT2D eigenvalue weighted by atomic mass is 9.45. The number of hydrogen-bond donors (Lipinski definition) is 6. The van der Waals surface area contributed by atoms with E-state index in [9.17, 15) is 25.2 Å². The summed E-state index contributed by atoms with van der Waals surface area (Å²) in [4.78, 5) is 19.8. The Morgan fingerprint density at radius 1 is 1.15 bits per heavy atom. The van der Waals surface area contributed by atoms with Gasteiger partial charge in [0.05, 0.1) is 30.0 Å². The second-order valence-electron chi connectivity index (χ2n) is 15.9. The molecule has 48 heavy (non-hydrogen) atoms. The van der Waals surface area contributed by atoms with Crippen LogP contribution in [0.5, 0.6) is 0 Å². The van der Waals surface area contributed by atoms with Gasteiger partial charge in [-0.1, -0.05) is 43.3 Å². The molecule has 4 aliphatic carbocycles. The van der Waals surface area contributed by atoms with Gasteiger partial charge in [-0.05, 0) is 86.2 Å². The van der Waals surface area contributed by atoms with Gasteiger partial charge in [0, 0.05) is 56.6 Å². The highest BCUT2D eigenvalue weighted by molar-refractivity contribution is 5.92. The Labute approximate surface area is 284 Å². The Kier molecular flexibility index (Phi) is 8.81. The third kappa shape index (κ3) is 5.08. The van der Waals surface area contributed by atoms with E-state index in [1.54, 1.807) is 7.05 Å². The summed E-state index contributed by atoms with van der Waals surface area (Å²) in [5, 5.41) is 48.8. The molecule has 10 nitrogen and oxygen atoms in total. The Bertz CT molecular complexity index is 1480. The molecule has 0 radical (unpaired) electrons. The Balaban J connectivity index is 1.26. The molecule has 1 aromatic carbocycles. The molecular formula is C38H54N4O6.